The molecular formula is C15H19N3O2. The predicted molar refractivity (Wildman–Crippen MR) is 79.8 cm³/mol. The van der Waals surface area contributed by atoms with E-state index in [9.17, 15) is 4.79 Å². The van der Waals surface area contributed by atoms with Crippen LogP contribution in [-0.2, 0) is 0 Å². The summed E-state index contributed by atoms with van der Waals surface area (Å²) in [6.45, 7) is 6.50. The minimum atomic E-state index is -0.167. The van der Waals surface area contributed by atoms with Gasteiger partial charge in [-0.25, -0.2) is 4.98 Å². The van der Waals surface area contributed by atoms with Gasteiger partial charge in [-0.05, 0) is 25.0 Å². The summed E-state index contributed by atoms with van der Waals surface area (Å²) in [5.41, 5.74) is 1.36. The monoisotopic (exact) mass is 273 g/mol. The van der Waals surface area contributed by atoms with Crippen molar-refractivity contribution in [3.8, 4) is 5.75 Å². The van der Waals surface area contributed by atoms with E-state index < -0.39 is 0 Å². The normalized spacial score (nSPS) is 10.6. The summed E-state index contributed by atoms with van der Waals surface area (Å²) in [4.78, 5) is 18.7. The number of para-hydroxylation sites is 2. The third-order valence-corrected chi connectivity index (χ3v) is 2.79. The molecule has 0 bridgehead atoms. The van der Waals surface area contributed by atoms with Crippen molar-refractivity contribution in [2.75, 3.05) is 11.9 Å². The van der Waals surface area contributed by atoms with Gasteiger partial charge in [-0.15, -0.1) is 0 Å². The topological polar surface area (TPSA) is 67.0 Å². The largest absolute Gasteiger partial charge is 0.492 e. The van der Waals surface area contributed by atoms with Crippen LogP contribution in [0, 0.1) is 0 Å². The minimum absolute atomic E-state index is 0.167. The Balaban J connectivity index is 2.32. The van der Waals surface area contributed by atoms with Crippen LogP contribution in [-0.4, -0.2) is 16.6 Å². The molecule has 0 radical (unpaired) electrons. The number of hydrogen-bond donors (Lipinski definition) is 2. The molecule has 1 aromatic carbocycles. The lowest BCUT2D eigenvalue weighted by Crippen LogP contribution is -2.13. The zero-order valence-corrected chi connectivity index (χ0v) is 11.9. The van der Waals surface area contributed by atoms with Gasteiger partial charge in [0.2, 0.25) is 5.95 Å². The van der Waals surface area contributed by atoms with E-state index in [0.29, 0.717) is 12.6 Å². The fourth-order valence-electron chi connectivity index (χ4n) is 1.81. The van der Waals surface area contributed by atoms with E-state index in [1.807, 2.05) is 45.0 Å². The highest BCUT2D eigenvalue weighted by Gasteiger charge is 2.07. The van der Waals surface area contributed by atoms with E-state index in [2.05, 4.69) is 15.3 Å². The van der Waals surface area contributed by atoms with Crippen LogP contribution in [0.1, 0.15) is 32.4 Å². The number of ether oxygens (including phenoxy) is 1. The van der Waals surface area contributed by atoms with Crippen LogP contribution in [0.3, 0.4) is 0 Å². The fourth-order valence-corrected chi connectivity index (χ4v) is 1.81. The molecule has 5 nitrogen and oxygen atoms in total. The first-order chi connectivity index (χ1) is 9.60. The molecule has 20 heavy (non-hydrogen) atoms. The molecule has 1 heterocycles. The zero-order chi connectivity index (χ0) is 14.5. The Kier molecular flexibility index (Phi) is 4.40. The van der Waals surface area contributed by atoms with Crippen molar-refractivity contribution < 1.29 is 4.74 Å². The Bertz CT molecular complexity index is 635. The highest BCUT2D eigenvalue weighted by Crippen LogP contribution is 2.26. The van der Waals surface area contributed by atoms with E-state index in [1.165, 1.54) is 6.07 Å². The van der Waals surface area contributed by atoms with Gasteiger partial charge in [0, 0.05) is 6.07 Å². The van der Waals surface area contributed by atoms with Gasteiger partial charge in [-0.3, -0.25) is 9.78 Å². The lowest BCUT2D eigenvalue weighted by molar-refractivity contribution is 0.342. The Labute approximate surface area is 118 Å². The van der Waals surface area contributed by atoms with Crippen LogP contribution in [0.5, 0.6) is 5.75 Å². The number of nitrogens with zero attached hydrogens (tertiary/aromatic N) is 1. The maximum Gasteiger partial charge on any atom is 0.252 e. The third kappa shape index (κ3) is 3.38. The Morgan fingerprint density at radius 2 is 2.10 bits per heavy atom. The van der Waals surface area contributed by atoms with E-state index in [0.717, 1.165) is 17.1 Å². The van der Waals surface area contributed by atoms with Crippen molar-refractivity contribution in [1.82, 2.24) is 9.97 Å². The van der Waals surface area contributed by atoms with Gasteiger partial charge in [-0.1, -0.05) is 26.0 Å². The van der Waals surface area contributed by atoms with E-state index >= 15 is 0 Å². The summed E-state index contributed by atoms with van der Waals surface area (Å²) in [7, 11) is 0. The molecule has 1 aromatic heterocycles. The lowest BCUT2D eigenvalue weighted by atomic mass is 10.1. The molecule has 0 amide bonds. The van der Waals surface area contributed by atoms with Gasteiger partial charge in [-0.2, -0.15) is 0 Å². The molecule has 2 N–H and O–H groups in total. The standard InChI is InChI=1S/C15H19N3O2/c1-4-20-13-8-6-5-7-11(13)16-15-17-12(10(2)3)9-14(19)18-15/h5-10H,4H2,1-3H3,(H2,16,17,18,19). The second-order valence-electron chi connectivity index (χ2n) is 4.73. The number of rotatable bonds is 5. The van der Waals surface area contributed by atoms with Crippen molar-refractivity contribution in [3.63, 3.8) is 0 Å². The fraction of sp³-hybridized carbons (Fsp3) is 0.333. The number of hydrogen-bond acceptors (Lipinski definition) is 4. The van der Waals surface area contributed by atoms with Crippen LogP contribution in [0.25, 0.3) is 0 Å². The molecule has 0 saturated heterocycles. The Morgan fingerprint density at radius 3 is 2.80 bits per heavy atom. The summed E-state index contributed by atoms with van der Waals surface area (Å²) in [6, 6.07) is 9.07. The van der Waals surface area contributed by atoms with Crippen LogP contribution in [0.15, 0.2) is 35.1 Å². The van der Waals surface area contributed by atoms with Gasteiger partial charge >= 0.3 is 0 Å². The first-order valence-electron chi connectivity index (χ1n) is 6.70. The number of nitrogens with one attached hydrogen (secondary N) is 2. The van der Waals surface area contributed by atoms with E-state index in [4.69, 9.17) is 4.74 Å². The van der Waals surface area contributed by atoms with E-state index in [1.54, 1.807) is 0 Å². The molecule has 5 heteroatoms. The molecule has 0 aliphatic rings. The maximum atomic E-state index is 11.6. The molecule has 0 saturated carbocycles. The second kappa shape index (κ2) is 6.23. The summed E-state index contributed by atoms with van der Waals surface area (Å²) in [6.07, 6.45) is 0. The van der Waals surface area contributed by atoms with Gasteiger partial charge in [0.15, 0.2) is 0 Å². The first kappa shape index (κ1) is 14.1. The summed E-state index contributed by atoms with van der Waals surface area (Å²) in [5, 5.41) is 3.10. The highest BCUT2D eigenvalue weighted by molar-refractivity contribution is 5.62. The molecule has 0 unspecified atom stereocenters. The molecule has 0 spiro atoms. The summed E-state index contributed by atoms with van der Waals surface area (Å²) < 4.78 is 5.53. The molecular weight excluding hydrogens is 254 g/mol. The number of benzene rings is 1. The van der Waals surface area contributed by atoms with Gasteiger partial charge < -0.3 is 10.1 Å². The quantitative estimate of drug-likeness (QED) is 0.878. The molecule has 0 fully saturated rings. The Morgan fingerprint density at radius 1 is 1.35 bits per heavy atom. The van der Waals surface area contributed by atoms with Gasteiger partial charge in [0.05, 0.1) is 18.0 Å². The van der Waals surface area contributed by atoms with Crippen LogP contribution in [0.4, 0.5) is 11.6 Å². The van der Waals surface area contributed by atoms with Gasteiger partial charge in [0.1, 0.15) is 5.75 Å². The minimum Gasteiger partial charge on any atom is -0.492 e. The summed E-state index contributed by atoms with van der Waals surface area (Å²) >= 11 is 0. The molecule has 2 rings (SSSR count). The van der Waals surface area contributed by atoms with Crippen molar-refractivity contribution in [3.05, 3.63) is 46.4 Å². The van der Waals surface area contributed by atoms with Crippen LogP contribution >= 0.6 is 0 Å². The van der Waals surface area contributed by atoms with E-state index in [-0.39, 0.29) is 11.5 Å². The van der Waals surface area contributed by atoms with Gasteiger partial charge in [0.25, 0.3) is 5.56 Å². The second-order valence-corrected chi connectivity index (χ2v) is 4.73. The molecule has 0 aliphatic heterocycles. The van der Waals surface area contributed by atoms with Crippen LogP contribution < -0.4 is 15.6 Å². The zero-order valence-electron chi connectivity index (χ0n) is 11.9. The molecule has 2 aromatic rings. The predicted octanol–water partition coefficient (Wildman–Crippen LogP) is 3.04. The number of aromatic nitrogens is 2. The molecule has 0 atom stereocenters. The summed E-state index contributed by atoms with van der Waals surface area (Å²) in [5.74, 6) is 1.35. The number of anilines is 2. The average molecular weight is 273 g/mol. The third-order valence-electron chi connectivity index (χ3n) is 2.79. The lowest BCUT2D eigenvalue weighted by Gasteiger charge is -2.12. The SMILES string of the molecule is CCOc1ccccc1Nc1nc(C(C)C)cc(=O)[nH]1. The average Bonchev–Trinajstić information content (AvgIpc) is 2.40. The molecule has 106 valence electrons. The van der Waals surface area contributed by atoms with Crippen LogP contribution in [0.2, 0.25) is 0 Å². The Hall–Kier alpha value is -2.30. The van der Waals surface area contributed by atoms with Crippen molar-refractivity contribution in [1.29, 1.82) is 0 Å². The number of aromatic amines is 1. The maximum absolute atomic E-state index is 11.6. The first-order valence-corrected chi connectivity index (χ1v) is 6.70. The number of H-pyrrole nitrogens is 1. The molecule has 0 aliphatic carbocycles. The smallest absolute Gasteiger partial charge is 0.252 e. The van der Waals surface area contributed by atoms with Crippen molar-refractivity contribution in [2.24, 2.45) is 0 Å². The highest BCUT2D eigenvalue weighted by atomic mass is 16.5. The van der Waals surface area contributed by atoms with Crippen molar-refractivity contribution in [2.45, 2.75) is 26.7 Å². The van der Waals surface area contributed by atoms with Crippen molar-refractivity contribution >= 4 is 11.6 Å².